The van der Waals surface area contributed by atoms with Crippen LogP contribution in [0.2, 0.25) is 0 Å². The van der Waals surface area contributed by atoms with Crippen LogP contribution in [0.3, 0.4) is 0 Å². The number of carbonyl (C=O) groups is 1. The van der Waals surface area contributed by atoms with Gasteiger partial charge in [0.15, 0.2) is 0 Å². The summed E-state index contributed by atoms with van der Waals surface area (Å²) in [6.45, 7) is 2.79. The highest BCUT2D eigenvalue weighted by Crippen LogP contribution is 2.25. The molecule has 0 saturated heterocycles. The second kappa shape index (κ2) is 4.64. The SMILES string of the molecule is CCn1cncc1-c1nc(C(N)C(=O)O)cs1. The molecule has 0 amide bonds. The Kier molecular flexibility index (Phi) is 3.21. The van der Waals surface area contributed by atoms with Crippen LogP contribution in [0.4, 0.5) is 0 Å². The Morgan fingerprint density at radius 3 is 3.12 bits per heavy atom. The predicted octanol–water partition coefficient (Wildman–Crippen LogP) is 1.11. The molecule has 2 aromatic heterocycles. The van der Waals surface area contributed by atoms with Gasteiger partial charge in [-0.3, -0.25) is 4.79 Å². The molecule has 3 N–H and O–H groups in total. The molecular formula is C10H12N4O2S. The standard InChI is InChI=1S/C10H12N4O2S/c1-2-14-5-12-3-7(14)9-13-6(4-17-9)8(11)10(15)16/h3-5,8H,2,11H2,1H3,(H,15,16). The van der Waals surface area contributed by atoms with E-state index in [4.69, 9.17) is 10.8 Å². The fraction of sp³-hybridized carbons (Fsp3) is 0.300. The van der Waals surface area contributed by atoms with Crippen molar-refractivity contribution in [2.24, 2.45) is 5.73 Å². The second-order valence-corrected chi connectivity index (χ2v) is 4.32. The van der Waals surface area contributed by atoms with Gasteiger partial charge in [0.25, 0.3) is 0 Å². The molecular weight excluding hydrogens is 240 g/mol. The molecule has 90 valence electrons. The van der Waals surface area contributed by atoms with Gasteiger partial charge in [0.1, 0.15) is 11.0 Å². The molecule has 0 radical (unpaired) electrons. The zero-order chi connectivity index (χ0) is 12.4. The van der Waals surface area contributed by atoms with E-state index in [0.717, 1.165) is 17.2 Å². The normalized spacial score (nSPS) is 12.6. The van der Waals surface area contributed by atoms with Crippen LogP contribution in [0.25, 0.3) is 10.7 Å². The van der Waals surface area contributed by atoms with Crippen molar-refractivity contribution in [2.45, 2.75) is 19.5 Å². The van der Waals surface area contributed by atoms with Crippen LogP contribution in [-0.4, -0.2) is 25.6 Å². The topological polar surface area (TPSA) is 94.0 Å². The molecule has 0 fully saturated rings. The van der Waals surface area contributed by atoms with E-state index in [-0.39, 0.29) is 0 Å². The van der Waals surface area contributed by atoms with Crippen LogP contribution >= 0.6 is 11.3 Å². The summed E-state index contributed by atoms with van der Waals surface area (Å²) in [5, 5.41) is 11.2. The van der Waals surface area contributed by atoms with Crippen molar-refractivity contribution < 1.29 is 9.90 Å². The molecule has 0 aliphatic carbocycles. The Hall–Kier alpha value is -1.73. The molecule has 0 aliphatic heterocycles. The maximum atomic E-state index is 10.7. The van der Waals surface area contributed by atoms with Gasteiger partial charge in [0.2, 0.25) is 0 Å². The van der Waals surface area contributed by atoms with Gasteiger partial charge in [-0.15, -0.1) is 11.3 Å². The van der Waals surface area contributed by atoms with E-state index in [2.05, 4.69) is 9.97 Å². The number of aromatic nitrogens is 3. The van der Waals surface area contributed by atoms with Crippen molar-refractivity contribution in [1.29, 1.82) is 0 Å². The summed E-state index contributed by atoms with van der Waals surface area (Å²) < 4.78 is 1.94. The number of nitrogens with zero attached hydrogens (tertiary/aromatic N) is 3. The van der Waals surface area contributed by atoms with Gasteiger partial charge in [0, 0.05) is 11.9 Å². The third-order valence-electron chi connectivity index (χ3n) is 2.38. The van der Waals surface area contributed by atoms with E-state index < -0.39 is 12.0 Å². The maximum absolute atomic E-state index is 10.7. The lowest BCUT2D eigenvalue weighted by Crippen LogP contribution is -2.20. The lowest BCUT2D eigenvalue weighted by atomic mass is 10.2. The molecule has 0 aliphatic rings. The van der Waals surface area contributed by atoms with E-state index in [9.17, 15) is 4.79 Å². The zero-order valence-electron chi connectivity index (χ0n) is 9.20. The first-order chi connectivity index (χ1) is 8.13. The Morgan fingerprint density at radius 2 is 2.47 bits per heavy atom. The first-order valence-electron chi connectivity index (χ1n) is 5.07. The van der Waals surface area contributed by atoms with E-state index in [1.165, 1.54) is 11.3 Å². The number of aliphatic carboxylic acids is 1. The lowest BCUT2D eigenvalue weighted by Gasteiger charge is -2.02. The van der Waals surface area contributed by atoms with Crippen LogP contribution in [0.5, 0.6) is 0 Å². The summed E-state index contributed by atoms with van der Waals surface area (Å²) in [5.41, 5.74) is 6.75. The Morgan fingerprint density at radius 1 is 1.71 bits per heavy atom. The number of nitrogens with two attached hydrogens (primary N) is 1. The van der Waals surface area contributed by atoms with Gasteiger partial charge in [-0.25, -0.2) is 9.97 Å². The van der Waals surface area contributed by atoms with Crippen molar-refractivity contribution in [3.05, 3.63) is 23.6 Å². The largest absolute Gasteiger partial charge is 0.480 e. The predicted molar refractivity (Wildman–Crippen MR) is 63.6 cm³/mol. The molecule has 0 aromatic carbocycles. The number of imidazole rings is 1. The van der Waals surface area contributed by atoms with Crippen LogP contribution in [0.15, 0.2) is 17.9 Å². The molecule has 1 atom stereocenters. The van der Waals surface area contributed by atoms with Crippen molar-refractivity contribution >= 4 is 17.3 Å². The number of aryl methyl sites for hydroxylation is 1. The van der Waals surface area contributed by atoms with Crippen molar-refractivity contribution in [3.63, 3.8) is 0 Å². The Labute approximate surface area is 102 Å². The first kappa shape index (κ1) is 11.7. The fourth-order valence-corrected chi connectivity index (χ4v) is 2.30. The highest BCUT2D eigenvalue weighted by molar-refractivity contribution is 7.13. The minimum absolute atomic E-state index is 0.376. The summed E-state index contributed by atoms with van der Waals surface area (Å²) in [4.78, 5) is 19.0. The van der Waals surface area contributed by atoms with Gasteiger partial charge in [-0.1, -0.05) is 0 Å². The lowest BCUT2D eigenvalue weighted by molar-refractivity contribution is -0.138. The second-order valence-electron chi connectivity index (χ2n) is 3.46. The molecule has 6 nitrogen and oxygen atoms in total. The van der Waals surface area contributed by atoms with Crippen LogP contribution < -0.4 is 5.73 Å². The van der Waals surface area contributed by atoms with E-state index >= 15 is 0 Å². The molecule has 0 spiro atoms. The summed E-state index contributed by atoms with van der Waals surface area (Å²) in [6.07, 6.45) is 3.42. The Balaban J connectivity index is 2.33. The highest BCUT2D eigenvalue weighted by atomic mass is 32.1. The van der Waals surface area contributed by atoms with E-state index in [1.54, 1.807) is 17.9 Å². The average Bonchev–Trinajstić information content (AvgIpc) is 2.95. The number of rotatable bonds is 4. The van der Waals surface area contributed by atoms with E-state index in [1.807, 2.05) is 11.5 Å². The van der Waals surface area contributed by atoms with E-state index in [0.29, 0.717) is 5.69 Å². The number of hydrogen-bond acceptors (Lipinski definition) is 5. The molecule has 17 heavy (non-hydrogen) atoms. The summed E-state index contributed by atoms with van der Waals surface area (Å²) in [6, 6.07) is -1.07. The maximum Gasteiger partial charge on any atom is 0.326 e. The van der Waals surface area contributed by atoms with Crippen molar-refractivity contribution in [1.82, 2.24) is 14.5 Å². The zero-order valence-corrected chi connectivity index (χ0v) is 10.0. The number of hydrogen-bond donors (Lipinski definition) is 2. The van der Waals surface area contributed by atoms with Gasteiger partial charge in [0.05, 0.1) is 23.9 Å². The van der Waals surface area contributed by atoms with Gasteiger partial charge >= 0.3 is 5.97 Å². The average molecular weight is 252 g/mol. The van der Waals surface area contributed by atoms with Crippen molar-refractivity contribution in [3.8, 4) is 10.7 Å². The quantitative estimate of drug-likeness (QED) is 0.850. The number of thiazole rings is 1. The minimum atomic E-state index is -1.08. The molecule has 2 rings (SSSR count). The molecule has 0 saturated carbocycles. The third-order valence-corrected chi connectivity index (χ3v) is 3.26. The van der Waals surface area contributed by atoms with Crippen LogP contribution in [0, 0.1) is 0 Å². The summed E-state index contributed by atoms with van der Waals surface area (Å²) >= 11 is 1.37. The third kappa shape index (κ3) is 2.20. The first-order valence-corrected chi connectivity index (χ1v) is 5.95. The van der Waals surface area contributed by atoms with Crippen LogP contribution in [-0.2, 0) is 11.3 Å². The molecule has 1 unspecified atom stereocenters. The molecule has 2 aromatic rings. The number of carboxylic acids is 1. The van der Waals surface area contributed by atoms with Crippen molar-refractivity contribution in [2.75, 3.05) is 0 Å². The molecule has 7 heteroatoms. The smallest absolute Gasteiger partial charge is 0.326 e. The number of carboxylic acid groups (broad SMARTS) is 1. The van der Waals surface area contributed by atoms with Gasteiger partial charge in [-0.05, 0) is 6.92 Å². The molecule has 2 heterocycles. The minimum Gasteiger partial charge on any atom is -0.480 e. The van der Waals surface area contributed by atoms with Crippen LogP contribution in [0.1, 0.15) is 18.7 Å². The van der Waals surface area contributed by atoms with Gasteiger partial charge in [-0.2, -0.15) is 0 Å². The summed E-state index contributed by atoms with van der Waals surface area (Å²) in [5.74, 6) is -1.08. The summed E-state index contributed by atoms with van der Waals surface area (Å²) in [7, 11) is 0. The monoisotopic (exact) mass is 252 g/mol. The Bertz CT molecular complexity index is 534. The fourth-order valence-electron chi connectivity index (χ4n) is 1.42. The highest BCUT2D eigenvalue weighted by Gasteiger charge is 2.19. The van der Waals surface area contributed by atoms with Gasteiger partial charge < -0.3 is 15.4 Å². The molecule has 0 bridgehead atoms.